The molecule has 0 bridgehead atoms. The largest absolute Gasteiger partial charge is 0.345 e. The third kappa shape index (κ3) is 2.24. The average molecular weight is 296 g/mol. The highest BCUT2D eigenvalue weighted by molar-refractivity contribution is 5.97. The van der Waals surface area contributed by atoms with Gasteiger partial charge in [-0.25, -0.2) is 14.6 Å². The Morgan fingerprint density at radius 3 is 3.18 bits per heavy atom. The monoisotopic (exact) mass is 296 g/mol. The van der Waals surface area contributed by atoms with E-state index in [1.54, 1.807) is 12.7 Å². The van der Waals surface area contributed by atoms with Gasteiger partial charge in [-0.3, -0.25) is 4.79 Å². The first-order valence-electron chi connectivity index (χ1n) is 7.38. The molecule has 1 amide bonds. The number of fused-ring (bicyclic) bond motifs is 1. The van der Waals surface area contributed by atoms with Crippen LogP contribution < -0.4 is 0 Å². The van der Waals surface area contributed by atoms with Crippen LogP contribution in [0, 0.1) is 0 Å². The van der Waals surface area contributed by atoms with Gasteiger partial charge in [0.2, 0.25) is 0 Å². The van der Waals surface area contributed by atoms with Crippen LogP contribution in [0.5, 0.6) is 0 Å². The number of H-pyrrole nitrogens is 1. The maximum Gasteiger partial charge on any atom is 0.254 e. The summed E-state index contributed by atoms with van der Waals surface area (Å²) in [5.41, 5.74) is 2.45. The number of hydrogen-bond donors (Lipinski definition) is 1. The lowest BCUT2D eigenvalue weighted by Gasteiger charge is -2.32. The smallest absolute Gasteiger partial charge is 0.254 e. The van der Waals surface area contributed by atoms with E-state index in [-0.39, 0.29) is 11.9 Å². The predicted molar refractivity (Wildman–Crippen MR) is 80.3 cm³/mol. The Bertz CT molecular complexity index is 793. The summed E-state index contributed by atoms with van der Waals surface area (Å²) in [4.78, 5) is 25.8. The highest BCUT2D eigenvalue weighted by Crippen LogP contribution is 2.22. The molecule has 0 spiro atoms. The molecular formula is C15H16N6O. The number of nitrogens with one attached hydrogen (secondary N) is 1. The normalized spacial score (nSPS) is 18.7. The highest BCUT2D eigenvalue weighted by atomic mass is 16.2. The second-order valence-electron chi connectivity index (χ2n) is 5.56. The highest BCUT2D eigenvalue weighted by Gasteiger charge is 2.26. The van der Waals surface area contributed by atoms with E-state index in [9.17, 15) is 4.79 Å². The third-order valence-corrected chi connectivity index (χ3v) is 4.16. The summed E-state index contributed by atoms with van der Waals surface area (Å²) in [6.07, 6.45) is 6.89. The van der Waals surface area contributed by atoms with Crippen LogP contribution in [0.4, 0.5) is 0 Å². The first-order chi connectivity index (χ1) is 10.8. The zero-order chi connectivity index (χ0) is 14.9. The van der Waals surface area contributed by atoms with Gasteiger partial charge in [0.25, 0.3) is 5.91 Å². The number of carbonyl (C=O) groups is 1. The van der Waals surface area contributed by atoms with Crippen molar-refractivity contribution in [2.75, 3.05) is 13.1 Å². The predicted octanol–water partition coefficient (Wildman–Crippen LogP) is 1.63. The molecule has 4 rings (SSSR count). The van der Waals surface area contributed by atoms with Crippen molar-refractivity contribution < 1.29 is 4.79 Å². The Labute approximate surface area is 127 Å². The summed E-state index contributed by atoms with van der Waals surface area (Å²) in [6.45, 7) is 1.45. The number of imidazole rings is 1. The first-order valence-corrected chi connectivity index (χ1v) is 7.38. The van der Waals surface area contributed by atoms with Crippen LogP contribution in [0.2, 0.25) is 0 Å². The van der Waals surface area contributed by atoms with E-state index in [1.165, 1.54) is 6.33 Å². The lowest BCUT2D eigenvalue weighted by atomic mass is 10.0. The molecule has 2 aromatic heterocycles. The molecule has 112 valence electrons. The molecule has 1 aliphatic rings. The topological polar surface area (TPSA) is 79.7 Å². The van der Waals surface area contributed by atoms with Crippen LogP contribution in [0.15, 0.2) is 37.2 Å². The van der Waals surface area contributed by atoms with Gasteiger partial charge in [-0.2, -0.15) is 5.10 Å². The molecule has 7 heteroatoms. The summed E-state index contributed by atoms with van der Waals surface area (Å²) in [7, 11) is 0. The van der Waals surface area contributed by atoms with Crippen LogP contribution in [0.1, 0.15) is 29.2 Å². The maximum atomic E-state index is 12.7. The molecule has 1 aromatic carbocycles. The van der Waals surface area contributed by atoms with Gasteiger partial charge in [0.1, 0.15) is 12.7 Å². The van der Waals surface area contributed by atoms with E-state index in [2.05, 4.69) is 20.1 Å². The minimum absolute atomic E-state index is 0.0568. The van der Waals surface area contributed by atoms with E-state index in [1.807, 2.05) is 27.8 Å². The number of nitrogens with zero attached hydrogens (tertiary/aromatic N) is 5. The van der Waals surface area contributed by atoms with Crippen LogP contribution in [0.3, 0.4) is 0 Å². The number of rotatable bonds is 2. The first kappa shape index (κ1) is 13.0. The molecule has 1 N–H and O–H groups in total. The number of likely N-dealkylation sites (tertiary alicyclic amines) is 1. The molecule has 1 atom stereocenters. The number of carbonyl (C=O) groups excluding carboxylic acids is 1. The molecule has 3 heterocycles. The zero-order valence-electron chi connectivity index (χ0n) is 12.0. The SMILES string of the molecule is O=C(c1ccc2nc[nH]c2c1)N1CCCC(n2cncn2)C1. The van der Waals surface area contributed by atoms with Crippen molar-refractivity contribution in [1.29, 1.82) is 0 Å². The van der Waals surface area contributed by atoms with Gasteiger partial charge in [0.05, 0.1) is 23.4 Å². The van der Waals surface area contributed by atoms with E-state index < -0.39 is 0 Å². The Morgan fingerprint density at radius 2 is 2.32 bits per heavy atom. The molecule has 7 nitrogen and oxygen atoms in total. The Morgan fingerprint density at radius 1 is 1.36 bits per heavy atom. The van der Waals surface area contributed by atoms with Crippen molar-refractivity contribution in [3.63, 3.8) is 0 Å². The second kappa shape index (κ2) is 5.25. The summed E-state index contributed by atoms with van der Waals surface area (Å²) in [6, 6.07) is 5.78. The number of piperidine rings is 1. The fourth-order valence-electron chi connectivity index (χ4n) is 3.01. The number of benzene rings is 1. The molecular weight excluding hydrogens is 280 g/mol. The summed E-state index contributed by atoms with van der Waals surface area (Å²) >= 11 is 0. The Balaban J connectivity index is 1.56. The molecule has 1 fully saturated rings. The standard InChI is InChI=1S/C15H16N6O/c22-15(11-3-4-13-14(6-11)18-9-17-13)20-5-1-2-12(7-20)21-10-16-8-19-21/h3-4,6,8-10,12H,1-2,5,7H2,(H,17,18). The summed E-state index contributed by atoms with van der Waals surface area (Å²) in [5, 5.41) is 4.19. The van der Waals surface area contributed by atoms with Gasteiger partial charge in [-0.05, 0) is 31.0 Å². The quantitative estimate of drug-likeness (QED) is 0.779. The molecule has 1 aliphatic heterocycles. The molecule has 22 heavy (non-hydrogen) atoms. The van der Waals surface area contributed by atoms with E-state index >= 15 is 0 Å². The van der Waals surface area contributed by atoms with Crippen molar-refractivity contribution in [3.8, 4) is 0 Å². The molecule has 1 unspecified atom stereocenters. The van der Waals surface area contributed by atoms with Gasteiger partial charge in [-0.15, -0.1) is 0 Å². The Kier molecular flexibility index (Phi) is 3.10. The van der Waals surface area contributed by atoms with Gasteiger partial charge in [0.15, 0.2) is 0 Å². The zero-order valence-corrected chi connectivity index (χ0v) is 12.0. The lowest BCUT2D eigenvalue weighted by molar-refractivity contribution is 0.0673. The molecule has 3 aromatic rings. The number of amides is 1. The maximum absolute atomic E-state index is 12.7. The number of aromatic amines is 1. The average Bonchev–Trinajstić information content (AvgIpc) is 3.25. The van der Waals surface area contributed by atoms with Crippen molar-refractivity contribution in [2.45, 2.75) is 18.9 Å². The molecule has 1 saturated heterocycles. The van der Waals surface area contributed by atoms with E-state index in [4.69, 9.17) is 0 Å². The molecule has 0 saturated carbocycles. The van der Waals surface area contributed by atoms with Crippen molar-refractivity contribution in [1.82, 2.24) is 29.6 Å². The molecule has 0 radical (unpaired) electrons. The fourth-order valence-corrected chi connectivity index (χ4v) is 3.01. The van der Waals surface area contributed by atoms with Crippen molar-refractivity contribution >= 4 is 16.9 Å². The lowest BCUT2D eigenvalue weighted by Crippen LogP contribution is -2.40. The number of aromatic nitrogens is 5. The van der Waals surface area contributed by atoms with Crippen LogP contribution in [0.25, 0.3) is 11.0 Å². The minimum atomic E-state index is 0.0568. The Hall–Kier alpha value is -2.70. The van der Waals surface area contributed by atoms with E-state index in [0.29, 0.717) is 12.1 Å². The summed E-state index contributed by atoms with van der Waals surface area (Å²) < 4.78 is 1.84. The van der Waals surface area contributed by atoms with Crippen molar-refractivity contribution in [3.05, 3.63) is 42.7 Å². The van der Waals surface area contributed by atoms with Gasteiger partial charge in [0, 0.05) is 18.7 Å². The van der Waals surface area contributed by atoms with Crippen molar-refractivity contribution in [2.24, 2.45) is 0 Å². The number of hydrogen-bond acceptors (Lipinski definition) is 4. The van der Waals surface area contributed by atoms with Crippen LogP contribution in [-0.2, 0) is 0 Å². The van der Waals surface area contributed by atoms with E-state index in [0.717, 1.165) is 30.4 Å². The fraction of sp³-hybridized carbons (Fsp3) is 0.333. The second-order valence-corrected chi connectivity index (χ2v) is 5.56. The third-order valence-electron chi connectivity index (χ3n) is 4.16. The van der Waals surface area contributed by atoms with Gasteiger partial charge in [-0.1, -0.05) is 0 Å². The van der Waals surface area contributed by atoms with Crippen LogP contribution in [-0.4, -0.2) is 48.6 Å². The van der Waals surface area contributed by atoms with Gasteiger partial charge >= 0.3 is 0 Å². The van der Waals surface area contributed by atoms with Crippen LogP contribution >= 0.6 is 0 Å². The minimum Gasteiger partial charge on any atom is -0.345 e. The van der Waals surface area contributed by atoms with Gasteiger partial charge < -0.3 is 9.88 Å². The molecule has 0 aliphatic carbocycles. The summed E-state index contributed by atoms with van der Waals surface area (Å²) in [5.74, 6) is 0.0568.